The zero-order valence-corrected chi connectivity index (χ0v) is 30.8. The molecule has 4 nitrogen and oxygen atoms in total. The molecular formula is C36H54O4S4. The topological polar surface area (TPSA) is 74.6 Å². The van der Waals surface area contributed by atoms with Crippen molar-refractivity contribution in [2.45, 2.75) is 148 Å². The maximum atomic E-state index is 12.9. The SMILES string of the molecule is CCCCCCCCCCC1=C(C(=O)O)S(CC)(CC)c2c1sc1c2sc2c(CCCCCCCCCC)c(C(=O)O)sc21. The van der Waals surface area contributed by atoms with Crippen molar-refractivity contribution in [3.05, 3.63) is 20.2 Å². The molecule has 4 rings (SSSR count). The van der Waals surface area contributed by atoms with E-state index in [1.807, 2.05) is 0 Å². The Morgan fingerprint density at radius 1 is 0.568 bits per heavy atom. The van der Waals surface area contributed by atoms with Crippen molar-refractivity contribution in [3.8, 4) is 0 Å². The molecule has 4 heterocycles. The third kappa shape index (κ3) is 7.44. The van der Waals surface area contributed by atoms with E-state index >= 15 is 0 Å². The van der Waals surface area contributed by atoms with Crippen molar-refractivity contribution in [2.24, 2.45) is 0 Å². The van der Waals surface area contributed by atoms with Crippen LogP contribution < -0.4 is 0 Å². The van der Waals surface area contributed by atoms with Crippen molar-refractivity contribution in [3.63, 3.8) is 0 Å². The highest BCUT2D eigenvalue weighted by Crippen LogP contribution is 2.74. The number of hydrogen-bond donors (Lipinski definition) is 2. The lowest BCUT2D eigenvalue weighted by molar-refractivity contribution is -0.131. The van der Waals surface area contributed by atoms with Crippen molar-refractivity contribution in [2.75, 3.05) is 11.5 Å². The molecule has 0 aliphatic carbocycles. The van der Waals surface area contributed by atoms with Gasteiger partial charge in [0, 0.05) is 9.77 Å². The van der Waals surface area contributed by atoms with Gasteiger partial charge in [0.25, 0.3) is 0 Å². The molecule has 3 aromatic rings. The van der Waals surface area contributed by atoms with Crippen LogP contribution >= 0.6 is 44.0 Å². The number of aryl methyl sites for hydroxylation is 1. The van der Waals surface area contributed by atoms with Crippen molar-refractivity contribution in [1.82, 2.24) is 0 Å². The average molecular weight is 679 g/mol. The van der Waals surface area contributed by atoms with E-state index in [9.17, 15) is 19.8 Å². The fourth-order valence-corrected chi connectivity index (χ4v) is 16.3. The van der Waals surface area contributed by atoms with Crippen LogP contribution in [0.5, 0.6) is 0 Å². The van der Waals surface area contributed by atoms with Crippen LogP contribution in [-0.4, -0.2) is 33.7 Å². The Bertz CT molecular complexity index is 1440. The molecule has 0 fully saturated rings. The molecule has 1 aliphatic rings. The molecule has 0 saturated heterocycles. The number of fused-ring (bicyclic) bond motifs is 5. The van der Waals surface area contributed by atoms with Crippen LogP contribution in [0.3, 0.4) is 0 Å². The van der Waals surface area contributed by atoms with E-state index in [4.69, 9.17) is 0 Å². The van der Waals surface area contributed by atoms with Gasteiger partial charge in [-0.1, -0.05) is 118 Å². The van der Waals surface area contributed by atoms with E-state index in [2.05, 4.69) is 27.7 Å². The van der Waals surface area contributed by atoms with Gasteiger partial charge in [0.1, 0.15) is 4.88 Å². The molecule has 0 radical (unpaired) electrons. The van der Waals surface area contributed by atoms with E-state index in [0.717, 1.165) is 75.5 Å². The fourth-order valence-electron chi connectivity index (χ4n) is 7.02. The third-order valence-electron chi connectivity index (χ3n) is 9.46. The van der Waals surface area contributed by atoms with Gasteiger partial charge in [-0.25, -0.2) is 9.59 Å². The first-order valence-corrected chi connectivity index (χ1v) is 21.8. The minimum absolute atomic E-state index is 0.509. The zero-order chi connectivity index (χ0) is 31.7. The van der Waals surface area contributed by atoms with E-state index in [1.165, 1.54) is 108 Å². The number of carbonyl (C=O) groups is 2. The molecule has 0 aromatic carbocycles. The van der Waals surface area contributed by atoms with E-state index < -0.39 is 22.0 Å². The van der Waals surface area contributed by atoms with E-state index in [0.29, 0.717) is 4.88 Å². The van der Waals surface area contributed by atoms with E-state index in [-0.39, 0.29) is 0 Å². The molecule has 0 atom stereocenters. The molecule has 1 aliphatic heterocycles. The maximum absolute atomic E-state index is 12.9. The fraction of sp³-hybridized carbons (Fsp3) is 0.667. The summed E-state index contributed by atoms with van der Waals surface area (Å²) in [6.45, 7) is 8.86. The van der Waals surface area contributed by atoms with Crippen molar-refractivity contribution in [1.29, 1.82) is 0 Å². The van der Waals surface area contributed by atoms with Crippen LogP contribution in [0.4, 0.5) is 0 Å². The zero-order valence-electron chi connectivity index (χ0n) is 27.5. The standard InChI is InChI=1S/C36H54O4S4/c1-5-9-11-13-15-17-19-21-23-25-27-30(43-29(25)35(37)38)31-32(41-27)34-28(42-31)26(24-22-20-18-16-14-12-10-6-2)33(36(39)40)44(34,7-3)8-4/h5-24H2,1-4H3,(H,37,38)(H,39,40). The summed E-state index contributed by atoms with van der Waals surface area (Å²) >= 11 is 4.99. The van der Waals surface area contributed by atoms with Crippen molar-refractivity contribution < 1.29 is 19.8 Å². The number of aromatic carboxylic acids is 1. The van der Waals surface area contributed by atoms with Crippen LogP contribution in [0.2, 0.25) is 0 Å². The van der Waals surface area contributed by atoms with Gasteiger partial charge in [-0.3, -0.25) is 0 Å². The highest BCUT2D eigenvalue weighted by atomic mass is 32.3. The van der Waals surface area contributed by atoms with Gasteiger partial charge in [0.2, 0.25) is 0 Å². The third-order valence-corrected chi connectivity index (χ3v) is 18.2. The Kier molecular flexibility index (Phi) is 13.7. The van der Waals surface area contributed by atoms with Crippen LogP contribution in [0.15, 0.2) is 9.80 Å². The minimum Gasteiger partial charge on any atom is -0.477 e. The Balaban J connectivity index is 1.61. The summed E-state index contributed by atoms with van der Waals surface area (Å²) < 4.78 is 4.73. The Labute approximate surface area is 278 Å². The second-order valence-corrected chi connectivity index (χ2v) is 19.2. The van der Waals surface area contributed by atoms with Crippen LogP contribution in [-0.2, 0) is 11.2 Å². The highest BCUT2D eigenvalue weighted by Gasteiger charge is 2.45. The van der Waals surface area contributed by atoms with Crippen LogP contribution in [0.1, 0.15) is 157 Å². The smallest absolute Gasteiger partial charge is 0.346 e. The first-order chi connectivity index (χ1) is 21.4. The second kappa shape index (κ2) is 17.0. The maximum Gasteiger partial charge on any atom is 0.346 e. The molecule has 0 unspecified atom stereocenters. The van der Waals surface area contributed by atoms with Gasteiger partial charge in [-0.2, -0.15) is 10.0 Å². The Morgan fingerprint density at radius 3 is 1.57 bits per heavy atom. The van der Waals surface area contributed by atoms with Gasteiger partial charge in [-0.15, -0.1) is 34.0 Å². The number of thiophene rings is 3. The molecule has 246 valence electrons. The van der Waals surface area contributed by atoms with Crippen molar-refractivity contribution >= 4 is 80.3 Å². The second-order valence-electron chi connectivity index (χ2n) is 12.4. The lowest BCUT2D eigenvalue weighted by Crippen LogP contribution is -2.13. The number of aliphatic carboxylic acids is 1. The monoisotopic (exact) mass is 678 g/mol. The number of carboxylic acids is 2. The lowest BCUT2D eigenvalue weighted by atomic mass is 10.0. The first kappa shape index (κ1) is 35.5. The lowest BCUT2D eigenvalue weighted by Gasteiger charge is -2.35. The van der Waals surface area contributed by atoms with Gasteiger partial charge in [0.05, 0.1) is 23.7 Å². The summed E-state index contributed by atoms with van der Waals surface area (Å²) in [4.78, 5) is 29.0. The van der Waals surface area contributed by atoms with Crippen LogP contribution in [0, 0.1) is 0 Å². The Morgan fingerprint density at radius 2 is 1.07 bits per heavy atom. The number of allylic oxidation sites excluding steroid dienone is 1. The molecule has 44 heavy (non-hydrogen) atoms. The molecule has 3 aromatic heterocycles. The number of unbranched alkanes of at least 4 members (excludes halogenated alkanes) is 14. The summed E-state index contributed by atoms with van der Waals surface area (Å²) in [7, 11) is -1.64. The highest BCUT2D eigenvalue weighted by molar-refractivity contribution is 8.38. The molecule has 0 bridgehead atoms. The molecule has 0 amide bonds. The van der Waals surface area contributed by atoms with Gasteiger partial charge in [-0.05, 0) is 48.3 Å². The summed E-state index contributed by atoms with van der Waals surface area (Å²) in [6, 6.07) is 0. The minimum atomic E-state index is -1.64. The quantitative estimate of drug-likeness (QED) is 0.104. The molecular weight excluding hydrogens is 625 g/mol. The van der Waals surface area contributed by atoms with Gasteiger partial charge < -0.3 is 10.2 Å². The molecule has 0 saturated carbocycles. The molecule has 0 spiro atoms. The largest absolute Gasteiger partial charge is 0.477 e. The number of rotatable bonds is 22. The van der Waals surface area contributed by atoms with Crippen LogP contribution in [0.25, 0.3) is 24.4 Å². The van der Waals surface area contributed by atoms with Gasteiger partial charge in [0.15, 0.2) is 0 Å². The molecule has 8 heteroatoms. The van der Waals surface area contributed by atoms with E-state index in [1.54, 1.807) is 22.7 Å². The summed E-state index contributed by atoms with van der Waals surface area (Å²) in [5, 5.41) is 20.8. The summed E-state index contributed by atoms with van der Waals surface area (Å²) in [5.41, 5.74) is 2.11. The summed E-state index contributed by atoms with van der Waals surface area (Å²) in [5.74, 6) is 0.164. The summed E-state index contributed by atoms with van der Waals surface area (Å²) in [6.07, 6.45) is 21.4. The predicted molar refractivity (Wildman–Crippen MR) is 197 cm³/mol. The van der Waals surface area contributed by atoms with Gasteiger partial charge >= 0.3 is 11.9 Å². The molecule has 2 N–H and O–H groups in total. The first-order valence-electron chi connectivity index (χ1n) is 17.4. The number of carboxylic acid groups (broad SMARTS) is 2. The average Bonchev–Trinajstić information content (AvgIpc) is 3.71. The Hall–Kier alpha value is -1.35. The normalized spacial score (nSPS) is 15.1. The predicted octanol–water partition coefficient (Wildman–Crippen LogP) is 13.1. The number of hydrogen-bond acceptors (Lipinski definition) is 5.